The molecule has 0 heterocycles. The summed E-state index contributed by atoms with van der Waals surface area (Å²) in [6, 6.07) is 6.93. The Bertz CT molecular complexity index is 717. The molecule has 2 aromatic rings. The lowest BCUT2D eigenvalue weighted by molar-refractivity contribution is -0.136. The van der Waals surface area contributed by atoms with Gasteiger partial charge in [0.05, 0.1) is 9.50 Å². The predicted molar refractivity (Wildman–Crippen MR) is 98.9 cm³/mol. The molecule has 122 valence electrons. The van der Waals surface area contributed by atoms with E-state index in [-0.39, 0.29) is 17.4 Å². The first kappa shape index (κ1) is 18.6. The zero-order chi connectivity index (χ0) is 17.1. The van der Waals surface area contributed by atoms with E-state index in [0.29, 0.717) is 15.2 Å². The third-order valence-corrected chi connectivity index (χ3v) is 4.48. The van der Waals surface area contributed by atoms with Crippen LogP contribution < -0.4 is 9.47 Å². The summed E-state index contributed by atoms with van der Waals surface area (Å²) < 4.78 is 12.3. The summed E-state index contributed by atoms with van der Waals surface area (Å²) in [6.45, 7) is 3.59. The highest BCUT2D eigenvalue weighted by Gasteiger charge is 2.15. The summed E-state index contributed by atoms with van der Waals surface area (Å²) in [5.74, 6) is 0.317. The number of hydrogen-bond donors (Lipinski definition) is 0. The quantitative estimate of drug-likeness (QED) is 0.389. The highest BCUT2D eigenvalue weighted by Crippen LogP contribution is 2.36. The standard InChI is InChI=1S/C16H12Br2Cl2O3/c1-8-3-10(17)4-9(2)15(8)22-7-14(21)23-16-12(18)5-11(19)6-13(16)20/h3-6H,7H2,1-2H3. The van der Waals surface area contributed by atoms with Gasteiger partial charge in [0.2, 0.25) is 0 Å². The third kappa shape index (κ3) is 4.86. The fraction of sp³-hybridized carbons (Fsp3) is 0.188. The van der Waals surface area contributed by atoms with Crippen LogP contribution in [0.1, 0.15) is 11.1 Å². The van der Waals surface area contributed by atoms with Gasteiger partial charge in [0.25, 0.3) is 0 Å². The molecule has 7 heteroatoms. The minimum absolute atomic E-state index is 0.217. The summed E-state index contributed by atoms with van der Waals surface area (Å²) in [4.78, 5) is 12.0. The van der Waals surface area contributed by atoms with E-state index in [1.165, 1.54) is 6.07 Å². The average Bonchev–Trinajstić information content (AvgIpc) is 2.41. The number of halogens is 4. The van der Waals surface area contributed by atoms with Gasteiger partial charge in [-0.1, -0.05) is 39.1 Å². The molecule has 0 aliphatic rings. The molecule has 0 saturated heterocycles. The van der Waals surface area contributed by atoms with Crippen LogP contribution >= 0.6 is 55.1 Å². The van der Waals surface area contributed by atoms with Crippen LogP contribution in [0, 0.1) is 13.8 Å². The van der Waals surface area contributed by atoms with Gasteiger partial charge in [-0.15, -0.1) is 0 Å². The normalized spacial score (nSPS) is 10.5. The SMILES string of the molecule is Cc1cc(Br)cc(C)c1OCC(=O)Oc1c(Cl)cc(Cl)cc1Br. The molecule has 0 amide bonds. The van der Waals surface area contributed by atoms with Crippen LogP contribution in [-0.2, 0) is 4.79 Å². The second-order valence-electron chi connectivity index (χ2n) is 4.83. The van der Waals surface area contributed by atoms with Crippen LogP contribution in [-0.4, -0.2) is 12.6 Å². The van der Waals surface area contributed by atoms with Crippen molar-refractivity contribution in [2.75, 3.05) is 6.61 Å². The third-order valence-electron chi connectivity index (χ3n) is 2.94. The molecule has 2 aromatic carbocycles. The highest BCUT2D eigenvalue weighted by molar-refractivity contribution is 9.10. The summed E-state index contributed by atoms with van der Waals surface area (Å²) in [5, 5.41) is 0.688. The molecule has 0 aromatic heterocycles. The summed E-state index contributed by atoms with van der Waals surface area (Å²) in [5.41, 5.74) is 1.85. The number of carbonyl (C=O) groups excluding carboxylic acids is 1. The largest absolute Gasteiger partial charge is 0.481 e. The first-order chi connectivity index (χ1) is 10.8. The number of esters is 1. The van der Waals surface area contributed by atoms with Crippen molar-refractivity contribution in [3.8, 4) is 11.5 Å². The summed E-state index contributed by atoms with van der Waals surface area (Å²) in [6.07, 6.45) is 0. The Morgan fingerprint density at radius 1 is 1.04 bits per heavy atom. The Balaban J connectivity index is 2.07. The van der Waals surface area contributed by atoms with E-state index in [0.717, 1.165) is 15.6 Å². The van der Waals surface area contributed by atoms with E-state index in [4.69, 9.17) is 32.7 Å². The van der Waals surface area contributed by atoms with Gasteiger partial charge in [-0.25, -0.2) is 4.79 Å². The summed E-state index contributed by atoms with van der Waals surface area (Å²) in [7, 11) is 0. The first-order valence-corrected chi connectivity index (χ1v) is 8.87. The van der Waals surface area contributed by atoms with Gasteiger partial charge in [0, 0.05) is 9.50 Å². The lowest BCUT2D eigenvalue weighted by Crippen LogP contribution is -2.18. The van der Waals surface area contributed by atoms with E-state index in [1.54, 1.807) is 6.07 Å². The van der Waals surface area contributed by atoms with Crippen molar-refractivity contribution in [1.29, 1.82) is 0 Å². The van der Waals surface area contributed by atoms with Crippen molar-refractivity contribution < 1.29 is 14.3 Å². The molecule has 0 saturated carbocycles. The zero-order valence-corrected chi connectivity index (χ0v) is 16.9. The molecule has 0 unspecified atom stereocenters. The minimum atomic E-state index is -0.559. The van der Waals surface area contributed by atoms with Gasteiger partial charge in [-0.05, 0) is 65.2 Å². The Hall–Kier alpha value is -0.750. The molecular formula is C16H12Br2Cl2O3. The molecule has 0 fully saturated rings. The first-order valence-electron chi connectivity index (χ1n) is 6.52. The minimum Gasteiger partial charge on any atom is -0.481 e. The number of hydrogen-bond acceptors (Lipinski definition) is 3. The molecule has 0 aliphatic carbocycles. The number of benzene rings is 2. The molecule has 0 radical (unpaired) electrons. The molecule has 23 heavy (non-hydrogen) atoms. The maximum absolute atomic E-state index is 12.0. The zero-order valence-electron chi connectivity index (χ0n) is 12.3. The highest BCUT2D eigenvalue weighted by atomic mass is 79.9. The molecule has 3 nitrogen and oxygen atoms in total. The number of rotatable bonds is 4. The van der Waals surface area contributed by atoms with Gasteiger partial charge < -0.3 is 9.47 Å². The molecule has 0 aliphatic heterocycles. The maximum Gasteiger partial charge on any atom is 0.349 e. The molecule has 0 N–H and O–H groups in total. The van der Waals surface area contributed by atoms with Crippen LogP contribution in [0.25, 0.3) is 0 Å². The lowest BCUT2D eigenvalue weighted by Gasteiger charge is -2.13. The van der Waals surface area contributed by atoms with Crippen LogP contribution in [0.15, 0.2) is 33.2 Å². The van der Waals surface area contributed by atoms with Crippen LogP contribution in [0.2, 0.25) is 10.0 Å². The predicted octanol–water partition coefficient (Wildman–Crippen LogP) is 6.12. The maximum atomic E-state index is 12.0. The smallest absolute Gasteiger partial charge is 0.349 e. The number of aryl methyl sites for hydroxylation is 2. The van der Waals surface area contributed by atoms with Crippen molar-refractivity contribution in [3.63, 3.8) is 0 Å². The second kappa shape index (κ2) is 7.88. The van der Waals surface area contributed by atoms with Gasteiger partial charge in [0.1, 0.15) is 5.75 Å². The van der Waals surface area contributed by atoms with Crippen LogP contribution in [0.3, 0.4) is 0 Å². The van der Waals surface area contributed by atoms with Gasteiger partial charge in [0.15, 0.2) is 12.4 Å². The lowest BCUT2D eigenvalue weighted by atomic mass is 10.1. The molecule has 0 atom stereocenters. The van der Waals surface area contributed by atoms with Gasteiger partial charge in [-0.3, -0.25) is 0 Å². The number of ether oxygens (including phenoxy) is 2. The van der Waals surface area contributed by atoms with Crippen molar-refractivity contribution in [2.24, 2.45) is 0 Å². The van der Waals surface area contributed by atoms with E-state index in [2.05, 4.69) is 31.9 Å². The van der Waals surface area contributed by atoms with Gasteiger partial charge >= 0.3 is 5.97 Å². The fourth-order valence-electron chi connectivity index (χ4n) is 2.03. The molecule has 2 rings (SSSR count). The van der Waals surface area contributed by atoms with Gasteiger partial charge in [-0.2, -0.15) is 0 Å². The fourth-order valence-corrected chi connectivity index (χ4v) is 4.03. The van der Waals surface area contributed by atoms with Crippen LogP contribution in [0.4, 0.5) is 0 Å². The van der Waals surface area contributed by atoms with E-state index in [1.807, 2.05) is 26.0 Å². The Kier molecular flexibility index (Phi) is 6.37. The Morgan fingerprint density at radius 3 is 2.22 bits per heavy atom. The molecule has 0 spiro atoms. The van der Waals surface area contributed by atoms with E-state index in [9.17, 15) is 4.79 Å². The average molecular weight is 483 g/mol. The van der Waals surface area contributed by atoms with Crippen molar-refractivity contribution in [3.05, 3.63) is 54.4 Å². The molecule has 0 bridgehead atoms. The second-order valence-corrected chi connectivity index (χ2v) is 7.44. The van der Waals surface area contributed by atoms with Crippen molar-refractivity contribution >= 4 is 61.0 Å². The topological polar surface area (TPSA) is 35.5 Å². The Morgan fingerprint density at radius 2 is 1.65 bits per heavy atom. The monoisotopic (exact) mass is 480 g/mol. The number of carbonyl (C=O) groups is 1. The van der Waals surface area contributed by atoms with E-state index < -0.39 is 5.97 Å². The van der Waals surface area contributed by atoms with Crippen molar-refractivity contribution in [1.82, 2.24) is 0 Å². The van der Waals surface area contributed by atoms with Crippen LogP contribution in [0.5, 0.6) is 11.5 Å². The van der Waals surface area contributed by atoms with E-state index >= 15 is 0 Å². The molecular weight excluding hydrogens is 471 g/mol. The van der Waals surface area contributed by atoms with Crippen molar-refractivity contribution in [2.45, 2.75) is 13.8 Å². The Labute approximate surface area is 161 Å². The summed E-state index contributed by atoms with van der Waals surface area (Å²) >= 11 is 18.6.